The highest BCUT2D eigenvalue weighted by Gasteiger charge is 2.59. The molecule has 0 aromatic rings. The molecular weight excluding hydrogens is 366 g/mol. The molecule has 1 N–H and O–H groups in total. The van der Waals surface area contributed by atoms with E-state index >= 15 is 0 Å². The first-order chi connectivity index (χ1) is 14.1. The summed E-state index contributed by atoms with van der Waals surface area (Å²) in [5.41, 5.74) is 0.338. The van der Waals surface area contributed by atoms with Crippen molar-refractivity contribution in [3.8, 4) is 0 Å². The molecule has 164 valence electrons. The van der Waals surface area contributed by atoms with Crippen LogP contribution in [-0.4, -0.2) is 97.7 Å². The first-order valence-corrected chi connectivity index (χ1v) is 11.7. The molecule has 4 rings (SSSR count). The highest BCUT2D eigenvalue weighted by Crippen LogP contribution is 2.57. The first-order valence-electron chi connectivity index (χ1n) is 11.7. The molecule has 2 saturated heterocycles. The van der Waals surface area contributed by atoms with Crippen molar-refractivity contribution in [2.75, 3.05) is 52.9 Å². The summed E-state index contributed by atoms with van der Waals surface area (Å²) in [4.78, 5) is 24.1. The third kappa shape index (κ3) is 3.88. The van der Waals surface area contributed by atoms with Crippen LogP contribution in [0.3, 0.4) is 0 Å². The summed E-state index contributed by atoms with van der Waals surface area (Å²) >= 11 is 0. The van der Waals surface area contributed by atoms with E-state index in [0.29, 0.717) is 23.5 Å². The van der Waals surface area contributed by atoms with E-state index in [1.54, 1.807) is 0 Å². The predicted octanol–water partition coefficient (Wildman–Crippen LogP) is 1.54. The van der Waals surface area contributed by atoms with Crippen LogP contribution in [0.2, 0.25) is 0 Å². The second kappa shape index (κ2) is 8.80. The molecule has 1 spiro atoms. The largest absolute Gasteiger partial charge is 0.378 e. The number of ether oxygens (including phenoxy) is 1. The Morgan fingerprint density at radius 1 is 1.10 bits per heavy atom. The van der Waals surface area contributed by atoms with Gasteiger partial charge in [-0.3, -0.25) is 14.7 Å². The molecule has 1 amide bonds. The molecule has 2 aliphatic carbocycles. The number of piperazine rings is 1. The fourth-order valence-corrected chi connectivity index (χ4v) is 5.77. The first kappa shape index (κ1) is 20.9. The number of likely N-dealkylation sites (tertiary alicyclic amines) is 1. The molecule has 0 radical (unpaired) electrons. The Morgan fingerprint density at radius 3 is 2.34 bits per heavy atom. The van der Waals surface area contributed by atoms with Gasteiger partial charge in [0.1, 0.15) is 0 Å². The minimum absolute atomic E-state index is 0.0120. The standard InChI is InChI=1S/C22H39N5O2/c1-4-29-19-16-18(22(19)8-7-9-22)24-21(23-3)27-14-12-25(13-15-27)17(2)20(28)26-10-5-6-11-26/h17-19H,4-16H2,1-3H3,(H,23,24). The summed E-state index contributed by atoms with van der Waals surface area (Å²) in [6, 6.07) is 0.474. The molecule has 2 aliphatic heterocycles. The van der Waals surface area contributed by atoms with Crippen molar-refractivity contribution in [1.29, 1.82) is 0 Å². The van der Waals surface area contributed by atoms with E-state index in [2.05, 4.69) is 34.0 Å². The van der Waals surface area contributed by atoms with Crippen LogP contribution < -0.4 is 5.32 Å². The molecule has 29 heavy (non-hydrogen) atoms. The average molecular weight is 406 g/mol. The summed E-state index contributed by atoms with van der Waals surface area (Å²) in [6.07, 6.45) is 7.69. The van der Waals surface area contributed by atoms with Gasteiger partial charge in [0.05, 0.1) is 12.1 Å². The molecule has 3 atom stereocenters. The summed E-state index contributed by atoms with van der Waals surface area (Å²) in [7, 11) is 1.89. The topological polar surface area (TPSA) is 60.4 Å². The maximum absolute atomic E-state index is 12.7. The van der Waals surface area contributed by atoms with Crippen molar-refractivity contribution >= 4 is 11.9 Å². The van der Waals surface area contributed by atoms with Gasteiger partial charge in [-0.15, -0.1) is 0 Å². The molecule has 0 aromatic carbocycles. The summed E-state index contributed by atoms with van der Waals surface area (Å²) in [5, 5.41) is 3.77. The predicted molar refractivity (Wildman–Crippen MR) is 115 cm³/mol. The van der Waals surface area contributed by atoms with Gasteiger partial charge < -0.3 is 19.9 Å². The molecule has 4 aliphatic rings. The van der Waals surface area contributed by atoms with E-state index in [9.17, 15) is 4.79 Å². The van der Waals surface area contributed by atoms with E-state index in [0.717, 1.165) is 71.1 Å². The highest BCUT2D eigenvalue weighted by molar-refractivity contribution is 5.82. The number of amides is 1. The minimum atomic E-state index is -0.0120. The van der Waals surface area contributed by atoms with Gasteiger partial charge in [0.2, 0.25) is 5.91 Å². The number of carbonyl (C=O) groups is 1. The zero-order chi connectivity index (χ0) is 20.4. The second-order valence-corrected chi connectivity index (χ2v) is 9.24. The van der Waals surface area contributed by atoms with Crippen LogP contribution in [0.4, 0.5) is 0 Å². The van der Waals surface area contributed by atoms with E-state index in [4.69, 9.17) is 4.74 Å². The third-order valence-corrected chi connectivity index (χ3v) is 7.89. The quantitative estimate of drug-likeness (QED) is 0.555. The Morgan fingerprint density at radius 2 is 1.79 bits per heavy atom. The Bertz CT molecular complexity index is 606. The number of hydrogen-bond acceptors (Lipinski definition) is 4. The number of hydrogen-bond donors (Lipinski definition) is 1. The normalized spacial score (nSPS) is 30.8. The van der Waals surface area contributed by atoms with Crippen LogP contribution in [0.25, 0.3) is 0 Å². The van der Waals surface area contributed by atoms with Crippen LogP contribution in [-0.2, 0) is 9.53 Å². The Hall–Kier alpha value is -1.34. The van der Waals surface area contributed by atoms with E-state index in [1.165, 1.54) is 19.3 Å². The lowest BCUT2D eigenvalue weighted by atomic mass is 9.51. The fourth-order valence-electron chi connectivity index (χ4n) is 5.77. The average Bonchev–Trinajstić information content (AvgIpc) is 3.23. The Labute approximate surface area is 175 Å². The molecule has 0 bridgehead atoms. The second-order valence-electron chi connectivity index (χ2n) is 9.24. The molecule has 2 saturated carbocycles. The summed E-state index contributed by atoms with van der Waals surface area (Å²) in [6.45, 7) is 10.5. The van der Waals surface area contributed by atoms with Gasteiger partial charge in [-0.05, 0) is 46.0 Å². The molecule has 7 heteroatoms. The maximum atomic E-state index is 12.7. The lowest BCUT2D eigenvalue weighted by Crippen LogP contribution is -2.69. The summed E-state index contributed by atoms with van der Waals surface area (Å²) in [5.74, 6) is 1.33. The maximum Gasteiger partial charge on any atom is 0.239 e. The zero-order valence-corrected chi connectivity index (χ0v) is 18.5. The van der Waals surface area contributed by atoms with Crippen molar-refractivity contribution < 1.29 is 9.53 Å². The lowest BCUT2D eigenvalue weighted by Gasteiger charge is -2.61. The van der Waals surface area contributed by atoms with Gasteiger partial charge in [-0.1, -0.05) is 6.42 Å². The van der Waals surface area contributed by atoms with Gasteiger partial charge in [0.25, 0.3) is 0 Å². The van der Waals surface area contributed by atoms with Crippen LogP contribution in [0, 0.1) is 5.41 Å². The van der Waals surface area contributed by atoms with Gasteiger partial charge in [-0.25, -0.2) is 0 Å². The lowest BCUT2D eigenvalue weighted by molar-refractivity contribution is -0.169. The molecular formula is C22H39N5O2. The number of nitrogens with one attached hydrogen (secondary N) is 1. The molecule has 3 unspecified atom stereocenters. The zero-order valence-electron chi connectivity index (χ0n) is 18.5. The Kier molecular flexibility index (Phi) is 6.35. The van der Waals surface area contributed by atoms with Crippen molar-refractivity contribution in [2.45, 2.75) is 70.6 Å². The number of carbonyl (C=O) groups excluding carboxylic acids is 1. The molecule has 4 fully saturated rings. The van der Waals surface area contributed by atoms with E-state index in [-0.39, 0.29) is 6.04 Å². The monoisotopic (exact) mass is 405 g/mol. The molecule has 2 heterocycles. The van der Waals surface area contributed by atoms with Crippen LogP contribution >= 0.6 is 0 Å². The van der Waals surface area contributed by atoms with Crippen LogP contribution in [0.15, 0.2) is 4.99 Å². The number of guanidine groups is 1. The smallest absolute Gasteiger partial charge is 0.239 e. The van der Waals surface area contributed by atoms with Crippen molar-refractivity contribution in [3.05, 3.63) is 0 Å². The van der Waals surface area contributed by atoms with Crippen LogP contribution in [0.1, 0.15) is 52.4 Å². The Balaban J connectivity index is 1.28. The van der Waals surface area contributed by atoms with Crippen molar-refractivity contribution in [2.24, 2.45) is 10.4 Å². The third-order valence-electron chi connectivity index (χ3n) is 7.89. The SMILES string of the molecule is CCOC1CC(NC(=NC)N2CCN(C(C)C(=O)N3CCCC3)CC2)C12CCC2. The van der Waals surface area contributed by atoms with Gasteiger partial charge >= 0.3 is 0 Å². The fraction of sp³-hybridized carbons (Fsp3) is 0.909. The van der Waals surface area contributed by atoms with E-state index < -0.39 is 0 Å². The van der Waals surface area contributed by atoms with Crippen molar-refractivity contribution in [1.82, 2.24) is 20.0 Å². The summed E-state index contributed by atoms with van der Waals surface area (Å²) < 4.78 is 6.00. The van der Waals surface area contributed by atoms with Gasteiger partial charge in [0, 0.05) is 64.4 Å². The molecule has 7 nitrogen and oxygen atoms in total. The highest BCUT2D eigenvalue weighted by atomic mass is 16.5. The number of aliphatic imine (C=N–C) groups is 1. The number of nitrogens with zero attached hydrogens (tertiary/aromatic N) is 4. The van der Waals surface area contributed by atoms with Crippen molar-refractivity contribution in [3.63, 3.8) is 0 Å². The van der Waals surface area contributed by atoms with Gasteiger partial charge in [0.15, 0.2) is 5.96 Å². The minimum Gasteiger partial charge on any atom is -0.378 e. The molecule has 0 aromatic heterocycles. The number of rotatable bonds is 5. The van der Waals surface area contributed by atoms with Gasteiger partial charge in [-0.2, -0.15) is 0 Å². The van der Waals surface area contributed by atoms with Crippen LogP contribution in [0.5, 0.6) is 0 Å². The van der Waals surface area contributed by atoms with E-state index in [1.807, 2.05) is 11.9 Å².